The van der Waals surface area contributed by atoms with Crippen LogP contribution in [-0.4, -0.2) is 13.4 Å². The Morgan fingerprint density at radius 1 is 1.57 bits per heavy atom. The smallest absolute Gasteiger partial charge is 0.199 e. The molecule has 0 aromatic rings. The second-order valence-electron chi connectivity index (χ2n) is 0.912. The zero-order chi connectivity index (χ0) is 6.08. The highest BCUT2D eigenvalue weighted by atomic mass is 32.3. The quantitative estimate of drug-likeness (QED) is 0.353. The monoisotopic (exact) mass is 142 g/mol. The molecule has 0 atom stereocenters. The second-order valence-corrected chi connectivity index (χ2v) is 3.24. The normalized spacial score (nSPS) is 13.6. The highest BCUT2D eigenvalue weighted by molar-refractivity contribution is 8.40. The fraction of sp³-hybridized carbons (Fsp3) is 0. The molecule has 44 valence electrons. The largest absolute Gasteiger partial charge is 0.376 e. The second kappa shape index (κ2) is 1.93. The Morgan fingerprint density at radius 2 is 1.71 bits per heavy atom. The fourth-order valence-electron chi connectivity index (χ4n) is 0. The van der Waals surface area contributed by atoms with Gasteiger partial charge >= 0.3 is 0 Å². The zero-order valence-corrected chi connectivity index (χ0v) is 5.00. The van der Waals surface area contributed by atoms with Crippen LogP contribution in [0.3, 0.4) is 0 Å². The van der Waals surface area contributed by atoms with E-state index in [-0.39, 0.29) is 0 Å². The minimum absolute atomic E-state index is 0.451. The van der Waals surface area contributed by atoms with E-state index < -0.39 is 15.1 Å². The first-order valence-corrected chi connectivity index (χ1v) is 3.32. The molecule has 6 heteroatoms. The maximum absolute atomic E-state index is 8.25. The summed E-state index contributed by atoms with van der Waals surface area (Å²) in [5.74, 6) is 0. The lowest BCUT2D eigenvalue weighted by molar-refractivity contribution is 0.506. The van der Waals surface area contributed by atoms with Crippen LogP contribution in [0.25, 0.3) is 0 Å². The minimum Gasteiger partial charge on any atom is -0.376 e. The molecule has 0 spiro atoms. The van der Waals surface area contributed by atoms with Crippen molar-refractivity contribution in [2.75, 3.05) is 0 Å². The summed E-state index contributed by atoms with van der Waals surface area (Å²) in [6.45, 7) is 0. The molecule has 0 heterocycles. The van der Waals surface area contributed by atoms with Crippen molar-refractivity contribution in [3.8, 4) is 0 Å². The summed E-state index contributed by atoms with van der Waals surface area (Å²) < 4.78 is 16.0. The molecule has 7 heavy (non-hydrogen) atoms. The lowest BCUT2D eigenvalue weighted by Gasteiger charge is -2.22. The van der Waals surface area contributed by atoms with Crippen LogP contribution in [0.1, 0.15) is 0 Å². The summed E-state index contributed by atoms with van der Waals surface area (Å²) in [7, 11) is -3.23. The van der Waals surface area contributed by atoms with E-state index in [1.807, 2.05) is 0 Å². The lowest BCUT2D eigenvalue weighted by atomic mass is 11.5. The van der Waals surface area contributed by atoms with Gasteiger partial charge in [0.25, 0.3) is 0 Å². The van der Waals surface area contributed by atoms with Gasteiger partial charge in [-0.25, -0.2) is 5.14 Å². The van der Waals surface area contributed by atoms with Crippen LogP contribution in [-0.2, 0) is 0 Å². The molecule has 0 aliphatic carbocycles. The molecule has 6 N–H and O–H groups in total. The van der Waals surface area contributed by atoms with Crippen molar-refractivity contribution in [3.63, 3.8) is 0 Å². The predicted molar refractivity (Wildman–Crippen MR) is 33.8 cm³/mol. The molecule has 0 unspecified atom stereocenters. The standard InChI is InChI=1S/CH6N2O2S2/c2-1(6)7(3,4)5/h4-5H,3H2,(H2,2,6). The molecule has 0 saturated heterocycles. The van der Waals surface area contributed by atoms with E-state index in [1.54, 1.807) is 0 Å². The maximum atomic E-state index is 8.25. The van der Waals surface area contributed by atoms with Gasteiger partial charge in [0.05, 0.1) is 0 Å². The van der Waals surface area contributed by atoms with E-state index in [2.05, 4.69) is 17.4 Å². The van der Waals surface area contributed by atoms with Crippen LogP contribution in [0, 0.1) is 0 Å². The summed E-state index contributed by atoms with van der Waals surface area (Å²) >= 11 is 4.12. The Hall–Kier alpha value is 0.120. The van der Waals surface area contributed by atoms with Crippen LogP contribution >= 0.6 is 23.0 Å². The van der Waals surface area contributed by atoms with Gasteiger partial charge in [-0.1, -0.05) is 10.8 Å². The van der Waals surface area contributed by atoms with Crippen LogP contribution in [0.15, 0.2) is 0 Å². The van der Waals surface area contributed by atoms with Crippen molar-refractivity contribution < 1.29 is 9.11 Å². The molecule has 0 radical (unpaired) electrons. The number of nitrogens with two attached hydrogens (primary N) is 2. The van der Waals surface area contributed by atoms with Gasteiger partial charge in [0.2, 0.25) is 0 Å². The topological polar surface area (TPSA) is 92.5 Å². The molecular formula is CH6N2O2S2. The minimum atomic E-state index is -3.23. The van der Waals surface area contributed by atoms with Crippen molar-refractivity contribution in [3.05, 3.63) is 0 Å². The summed E-state index contributed by atoms with van der Waals surface area (Å²) in [5.41, 5.74) is 4.71. The van der Waals surface area contributed by atoms with E-state index in [9.17, 15) is 0 Å². The van der Waals surface area contributed by atoms with Crippen molar-refractivity contribution in [2.45, 2.75) is 0 Å². The zero-order valence-electron chi connectivity index (χ0n) is 3.37. The Morgan fingerprint density at radius 3 is 1.71 bits per heavy atom. The molecule has 0 saturated carbocycles. The molecule has 0 rings (SSSR count). The molecule has 0 fully saturated rings. The Balaban J connectivity index is 3.79. The first-order chi connectivity index (χ1) is 2.94. The van der Waals surface area contributed by atoms with Gasteiger partial charge in [-0.3, -0.25) is 9.11 Å². The third kappa shape index (κ3) is 2.77. The van der Waals surface area contributed by atoms with E-state index in [0.29, 0.717) is 0 Å². The molecular weight excluding hydrogens is 136 g/mol. The molecule has 0 aliphatic rings. The number of hydrogen-bond donors (Lipinski definition) is 4. The lowest BCUT2D eigenvalue weighted by Crippen LogP contribution is -2.24. The van der Waals surface area contributed by atoms with Gasteiger partial charge in [0.15, 0.2) is 4.32 Å². The molecule has 0 bridgehead atoms. The van der Waals surface area contributed by atoms with Crippen LogP contribution in [0.2, 0.25) is 0 Å². The van der Waals surface area contributed by atoms with E-state index in [0.717, 1.165) is 0 Å². The van der Waals surface area contributed by atoms with Gasteiger partial charge in [0.1, 0.15) is 0 Å². The summed E-state index contributed by atoms with van der Waals surface area (Å²) in [6.07, 6.45) is 0. The molecule has 4 nitrogen and oxygen atoms in total. The third-order valence-corrected chi connectivity index (χ3v) is 1.62. The summed E-state index contributed by atoms with van der Waals surface area (Å²) in [4.78, 5) is 0. The van der Waals surface area contributed by atoms with Crippen molar-refractivity contribution in [2.24, 2.45) is 10.9 Å². The third-order valence-electron chi connectivity index (χ3n) is 0.296. The molecule has 0 amide bonds. The van der Waals surface area contributed by atoms with Gasteiger partial charge in [-0.15, -0.1) is 0 Å². The highest BCUT2D eigenvalue weighted by Gasteiger charge is 2.05. The average Bonchev–Trinajstić information content (AvgIpc) is 1.31. The molecule has 0 aromatic carbocycles. The predicted octanol–water partition coefficient (Wildman–Crippen LogP) is -0.146. The highest BCUT2D eigenvalue weighted by Crippen LogP contribution is 2.26. The van der Waals surface area contributed by atoms with Crippen molar-refractivity contribution in [1.82, 2.24) is 0 Å². The molecule has 0 aliphatic heterocycles. The van der Waals surface area contributed by atoms with E-state index in [1.165, 1.54) is 0 Å². The van der Waals surface area contributed by atoms with Gasteiger partial charge in [0, 0.05) is 0 Å². The summed E-state index contributed by atoms with van der Waals surface area (Å²) in [6, 6.07) is 0. The fourth-order valence-corrected chi connectivity index (χ4v) is 0. The summed E-state index contributed by atoms with van der Waals surface area (Å²) in [5, 5.41) is 4.61. The average molecular weight is 142 g/mol. The molecule has 0 aromatic heterocycles. The SMILES string of the molecule is NC(=S)S(N)(O)O. The van der Waals surface area contributed by atoms with Gasteiger partial charge in [-0.05, 0) is 12.2 Å². The number of thiocarbonyl (C=S) groups is 1. The van der Waals surface area contributed by atoms with Crippen molar-refractivity contribution in [1.29, 1.82) is 0 Å². The Kier molecular flexibility index (Phi) is 1.96. The van der Waals surface area contributed by atoms with E-state index in [4.69, 9.17) is 14.8 Å². The Labute approximate surface area is 48.0 Å². The maximum Gasteiger partial charge on any atom is 0.199 e. The van der Waals surface area contributed by atoms with Crippen LogP contribution in [0.4, 0.5) is 0 Å². The van der Waals surface area contributed by atoms with Crippen LogP contribution < -0.4 is 10.9 Å². The number of hydrogen-bond acceptors (Lipinski definition) is 4. The van der Waals surface area contributed by atoms with Crippen molar-refractivity contribution >= 4 is 27.3 Å². The van der Waals surface area contributed by atoms with E-state index >= 15 is 0 Å². The van der Waals surface area contributed by atoms with Gasteiger partial charge in [-0.2, -0.15) is 0 Å². The van der Waals surface area contributed by atoms with Crippen LogP contribution in [0.5, 0.6) is 0 Å². The van der Waals surface area contributed by atoms with Gasteiger partial charge < -0.3 is 5.73 Å². The first kappa shape index (κ1) is 7.12. The first-order valence-electron chi connectivity index (χ1n) is 1.30. The Bertz CT molecular complexity index is 86.2. The number of rotatable bonds is 0.